The predicted octanol–water partition coefficient (Wildman–Crippen LogP) is 8.25. The Morgan fingerprint density at radius 2 is 1.74 bits per heavy atom. The quantitative estimate of drug-likeness (QED) is 0.192. The topological polar surface area (TPSA) is 38.8 Å². The Labute approximate surface area is 229 Å². The van der Waals surface area contributed by atoms with E-state index in [-0.39, 0.29) is 5.91 Å². The van der Waals surface area contributed by atoms with Crippen LogP contribution in [-0.4, -0.2) is 16.8 Å². The SMILES string of the molecule is CCOc1ccc(N2C(=O)/C(=C\c3cc(Br)c(OCc4ccccc4Cl)c(Br)c3)SC2=S)cc1. The van der Waals surface area contributed by atoms with Gasteiger partial charge in [0.15, 0.2) is 4.32 Å². The van der Waals surface area contributed by atoms with Crippen molar-refractivity contribution in [2.75, 3.05) is 11.5 Å². The van der Waals surface area contributed by atoms with Gasteiger partial charge >= 0.3 is 0 Å². The van der Waals surface area contributed by atoms with Crippen LogP contribution in [0, 0.1) is 0 Å². The molecule has 0 spiro atoms. The van der Waals surface area contributed by atoms with Crippen LogP contribution >= 0.6 is 67.4 Å². The molecule has 0 aromatic heterocycles. The standard InChI is InChI=1S/C25H18Br2ClNO3S2/c1-2-31-18-9-7-17(8-10-18)29-24(30)22(34-25(29)33)13-15-11-19(26)23(20(27)12-15)32-14-16-5-3-4-6-21(16)28/h3-13H,2,14H2,1H3/b22-13+. The van der Waals surface area contributed by atoms with Gasteiger partial charge in [0, 0.05) is 10.6 Å². The second-order valence-electron chi connectivity index (χ2n) is 7.14. The van der Waals surface area contributed by atoms with Gasteiger partial charge in [-0.2, -0.15) is 0 Å². The van der Waals surface area contributed by atoms with Crippen molar-refractivity contribution in [3.8, 4) is 11.5 Å². The Morgan fingerprint density at radius 3 is 2.38 bits per heavy atom. The van der Waals surface area contributed by atoms with Crippen molar-refractivity contribution in [2.45, 2.75) is 13.5 Å². The number of hydrogen-bond acceptors (Lipinski definition) is 5. The number of thioether (sulfide) groups is 1. The maximum atomic E-state index is 13.1. The fraction of sp³-hybridized carbons (Fsp3) is 0.120. The second kappa shape index (κ2) is 11.3. The van der Waals surface area contributed by atoms with Gasteiger partial charge in [-0.3, -0.25) is 9.69 Å². The molecule has 3 aromatic carbocycles. The van der Waals surface area contributed by atoms with Crippen LogP contribution in [0.4, 0.5) is 5.69 Å². The van der Waals surface area contributed by atoms with Crippen molar-refractivity contribution >= 4 is 89.4 Å². The summed E-state index contributed by atoms with van der Waals surface area (Å²) in [5.41, 5.74) is 2.43. The van der Waals surface area contributed by atoms with E-state index in [2.05, 4.69) is 31.9 Å². The molecule has 3 aromatic rings. The van der Waals surface area contributed by atoms with E-state index >= 15 is 0 Å². The number of rotatable bonds is 7. The summed E-state index contributed by atoms with van der Waals surface area (Å²) in [7, 11) is 0. The van der Waals surface area contributed by atoms with Gasteiger partial charge in [-0.05, 0) is 92.9 Å². The third-order valence-electron chi connectivity index (χ3n) is 4.85. The van der Waals surface area contributed by atoms with Crippen molar-refractivity contribution in [3.05, 3.63) is 90.7 Å². The van der Waals surface area contributed by atoms with Crippen LogP contribution < -0.4 is 14.4 Å². The van der Waals surface area contributed by atoms with E-state index in [0.717, 1.165) is 25.8 Å². The Morgan fingerprint density at radius 1 is 1.06 bits per heavy atom. The number of carbonyl (C=O) groups is 1. The molecule has 4 nitrogen and oxygen atoms in total. The fourth-order valence-corrected chi connectivity index (χ4v) is 6.21. The fourth-order valence-electron chi connectivity index (χ4n) is 3.27. The molecule has 1 amide bonds. The Kier molecular flexibility index (Phi) is 8.37. The molecular weight excluding hydrogens is 622 g/mol. The third kappa shape index (κ3) is 5.69. The number of carbonyl (C=O) groups excluding carboxylic acids is 1. The summed E-state index contributed by atoms with van der Waals surface area (Å²) in [5.74, 6) is 1.24. The molecule has 0 bridgehead atoms. The predicted molar refractivity (Wildman–Crippen MR) is 151 cm³/mol. The first-order chi connectivity index (χ1) is 16.4. The van der Waals surface area contributed by atoms with E-state index in [9.17, 15) is 4.79 Å². The Hall–Kier alpha value is -1.84. The molecule has 1 heterocycles. The Balaban J connectivity index is 1.52. The zero-order valence-electron chi connectivity index (χ0n) is 17.9. The monoisotopic (exact) mass is 637 g/mol. The summed E-state index contributed by atoms with van der Waals surface area (Å²) in [6, 6.07) is 18.7. The molecule has 0 radical (unpaired) electrons. The van der Waals surface area contributed by atoms with E-state index in [0.29, 0.717) is 38.9 Å². The molecule has 0 N–H and O–H groups in total. The maximum absolute atomic E-state index is 13.1. The molecule has 34 heavy (non-hydrogen) atoms. The minimum absolute atomic E-state index is 0.162. The smallest absolute Gasteiger partial charge is 0.270 e. The number of benzene rings is 3. The van der Waals surface area contributed by atoms with Crippen LogP contribution in [-0.2, 0) is 11.4 Å². The molecule has 174 valence electrons. The van der Waals surface area contributed by atoms with Gasteiger partial charge in [-0.1, -0.05) is 53.8 Å². The van der Waals surface area contributed by atoms with Crippen molar-refractivity contribution in [1.29, 1.82) is 0 Å². The number of nitrogens with zero attached hydrogens (tertiary/aromatic N) is 1. The maximum Gasteiger partial charge on any atom is 0.270 e. The minimum Gasteiger partial charge on any atom is -0.494 e. The number of anilines is 1. The number of halogens is 3. The van der Waals surface area contributed by atoms with Gasteiger partial charge in [-0.15, -0.1) is 0 Å². The van der Waals surface area contributed by atoms with Gasteiger partial charge in [0.2, 0.25) is 0 Å². The molecule has 0 saturated carbocycles. The van der Waals surface area contributed by atoms with Gasteiger partial charge in [0.1, 0.15) is 18.1 Å². The van der Waals surface area contributed by atoms with Crippen LogP contribution in [0.5, 0.6) is 11.5 Å². The molecule has 1 aliphatic heterocycles. The third-order valence-corrected chi connectivity index (χ3v) is 7.70. The highest BCUT2D eigenvalue weighted by atomic mass is 79.9. The summed E-state index contributed by atoms with van der Waals surface area (Å²) in [6.45, 7) is 2.84. The van der Waals surface area contributed by atoms with Gasteiger partial charge < -0.3 is 9.47 Å². The van der Waals surface area contributed by atoms with Crippen LogP contribution in [0.3, 0.4) is 0 Å². The van der Waals surface area contributed by atoms with E-state index in [1.807, 2.05) is 73.7 Å². The highest BCUT2D eigenvalue weighted by Gasteiger charge is 2.33. The van der Waals surface area contributed by atoms with Crippen LogP contribution in [0.25, 0.3) is 6.08 Å². The van der Waals surface area contributed by atoms with E-state index < -0.39 is 0 Å². The van der Waals surface area contributed by atoms with Crippen LogP contribution in [0.15, 0.2) is 74.5 Å². The van der Waals surface area contributed by atoms with E-state index in [4.69, 9.17) is 33.3 Å². The molecule has 9 heteroatoms. The lowest BCUT2D eigenvalue weighted by Gasteiger charge is -2.15. The van der Waals surface area contributed by atoms with Crippen molar-refractivity contribution in [2.24, 2.45) is 0 Å². The highest BCUT2D eigenvalue weighted by molar-refractivity contribution is 9.11. The first kappa shape index (κ1) is 25.3. The zero-order valence-corrected chi connectivity index (χ0v) is 23.4. The normalized spacial score (nSPS) is 14.7. The average Bonchev–Trinajstić information content (AvgIpc) is 3.08. The number of thiocarbonyl (C=S) groups is 1. The molecule has 1 fully saturated rings. The van der Waals surface area contributed by atoms with Crippen LogP contribution in [0.2, 0.25) is 5.02 Å². The highest BCUT2D eigenvalue weighted by Crippen LogP contribution is 2.39. The molecule has 1 saturated heterocycles. The second-order valence-corrected chi connectivity index (χ2v) is 10.9. The molecular formula is C25H18Br2ClNO3S2. The zero-order chi connectivity index (χ0) is 24.2. The Bertz CT molecular complexity index is 1260. The first-order valence-electron chi connectivity index (χ1n) is 10.2. The number of hydrogen-bond donors (Lipinski definition) is 0. The van der Waals surface area contributed by atoms with Crippen molar-refractivity contribution in [1.82, 2.24) is 0 Å². The minimum atomic E-state index is -0.162. The number of amides is 1. The largest absolute Gasteiger partial charge is 0.494 e. The summed E-state index contributed by atoms with van der Waals surface area (Å²) < 4.78 is 13.5. The van der Waals surface area contributed by atoms with E-state index in [1.165, 1.54) is 16.7 Å². The summed E-state index contributed by atoms with van der Waals surface area (Å²) in [6.07, 6.45) is 1.82. The molecule has 4 rings (SSSR count). The first-order valence-corrected chi connectivity index (χ1v) is 13.4. The van der Waals surface area contributed by atoms with Crippen LogP contribution in [0.1, 0.15) is 18.1 Å². The summed E-state index contributed by atoms with van der Waals surface area (Å²) in [4.78, 5) is 15.2. The van der Waals surface area contributed by atoms with Gasteiger partial charge in [-0.25, -0.2) is 0 Å². The number of ether oxygens (including phenoxy) is 2. The van der Waals surface area contributed by atoms with Gasteiger partial charge in [0.05, 0.1) is 26.1 Å². The van der Waals surface area contributed by atoms with Gasteiger partial charge in [0.25, 0.3) is 5.91 Å². The lowest BCUT2D eigenvalue weighted by molar-refractivity contribution is -0.113. The van der Waals surface area contributed by atoms with Crippen molar-refractivity contribution < 1.29 is 14.3 Å². The molecule has 0 aliphatic carbocycles. The van der Waals surface area contributed by atoms with E-state index in [1.54, 1.807) is 0 Å². The molecule has 0 unspecified atom stereocenters. The lowest BCUT2D eigenvalue weighted by Crippen LogP contribution is -2.27. The average molecular weight is 640 g/mol. The lowest BCUT2D eigenvalue weighted by atomic mass is 10.2. The van der Waals surface area contributed by atoms with Crippen molar-refractivity contribution in [3.63, 3.8) is 0 Å². The molecule has 0 atom stereocenters. The molecule has 1 aliphatic rings. The summed E-state index contributed by atoms with van der Waals surface area (Å²) in [5, 5.41) is 0.654. The summed E-state index contributed by atoms with van der Waals surface area (Å²) >= 11 is 20.1.